The maximum absolute atomic E-state index is 12.6. The van der Waals surface area contributed by atoms with Crippen molar-refractivity contribution in [3.8, 4) is 5.75 Å². The molecule has 0 atom stereocenters. The predicted molar refractivity (Wildman–Crippen MR) is 105 cm³/mol. The zero-order valence-corrected chi connectivity index (χ0v) is 16.3. The Kier molecular flexibility index (Phi) is 5.50. The van der Waals surface area contributed by atoms with Gasteiger partial charge in [0, 0.05) is 22.9 Å². The second-order valence-corrected chi connectivity index (χ2v) is 8.37. The minimum absolute atomic E-state index is 0.249. The van der Waals surface area contributed by atoms with Crippen LogP contribution in [0.3, 0.4) is 0 Å². The van der Waals surface area contributed by atoms with Crippen LogP contribution >= 0.6 is 0 Å². The van der Waals surface area contributed by atoms with E-state index < -0.39 is 0 Å². The van der Waals surface area contributed by atoms with E-state index in [1.165, 1.54) is 6.21 Å². The van der Waals surface area contributed by atoms with Gasteiger partial charge in [0.15, 0.2) is 0 Å². The Labute approximate surface area is 155 Å². The molecular formula is C21H27N3O2. The first kappa shape index (κ1) is 19.6. The molecule has 0 unspecified atom stereocenters. The van der Waals surface area contributed by atoms with Crippen molar-refractivity contribution in [2.45, 2.75) is 52.4 Å². The molecule has 5 heteroatoms. The lowest BCUT2D eigenvalue weighted by molar-refractivity contribution is 0.0955. The number of phenolic OH excluding ortho intramolecular Hbond substituents is 1. The van der Waals surface area contributed by atoms with Gasteiger partial charge in [0.2, 0.25) is 0 Å². The summed E-state index contributed by atoms with van der Waals surface area (Å²) in [5.74, 6) is -0.0771. The Morgan fingerprint density at radius 3 is 2.12 bits per heavy atom. The summed E-state index contributed by atoms with van der Waals surface area (Å²) < 4.78 is 0. The Morgan fingerprint density at radius 1 is 1.08 bits per heavy atom. The van der Waals surface area contributed by atoms with Crippen molar-refractivity contribution in [1.82, 2.24) is 10.4 Å². The fraction of sp³-hybridized carbons (Fsp3) is 0.381. The minimum Gasteiger partial charge on any atom is -0.507 e. The second-order valence-electron chi connectivity index (χ2n) is 8.37. The highest BCUT2D eigenvalue weighted by molar-refractivity contribution is 5.95. The van der Waals surface area contributed by atoms with Gasteiger partial charge >= 0.3 is 0 Å². The van der Waals surface area contributed by atoms with E-state index in [1.807, 2.05) is 53.7 Å². The van der Waals surface area contributed by atoms with E-state index in [0.717, 1.165) is 11.1 Å². The number of carbonyl (C=O) groups is 1. The van der Waals surface area contributed by atoms with Crippen LogP contribution in [0.25, 0.3) is 0 Å². The third-order valence-electron chi connectivity index (χ3n) is 4.04. The largest absolute Gasteiger partial charge is 0.507 e. The molecule has 1 aromatic carbocycles. The second kappa shape index (κ2) is 7.28. The molecule has 2 N–H and O–H groups in total. The molecule has 1 amide bonds. The van der Waals surface area contributed by atoms with Crippen LogP contribution in [0.2, 0.25) is 0 Å². The first-order chi connectivity index (χ1) is 12.0. The zero-order valence-electron chi connectivity index (χ0n) is 16.3. The van der Waals surface area contributed by atoms with Crippen LogP contribution in [0.1, 0.15) is 68.7 Å². The number of nitrogens with one attached hydrogen (secondary N) is 1. The van der Waals surface area contributed by atoms with Crippen LogP contribution in [0.15, 0.2) is 41.6 Å². The molecular weight excluding hydrogens is 326 g/mol. The summed E-state index contributed by atoms with van der Waals surface area (Å²) >= 11 is 0. The SMILES string of the molecule is CC(C)(C)c1cc(C(=O)NN=Cc2ccccn2)cc(C(C)(C)C)c1O. The summed E-state index contributed by atoms with van der Waals surface area (Å²) in [5.41, 5.74) is 4.55. The topological polar surface area (TPSA) is 74.6 Å². The highest BCUT2D eigenvalue weighted by Gasteiger charge is 2.27. The molecule has 0 saturated carbocycles. The van der Waals surface area contributed by atoms with Crippen LogP contribution in [0, 0.1) is 0 Å². The van der Waals surface area contributed by atoms with Crippen LogP contribution < -0.4 is 5.43 Å². The van der Waals surface area contributed by atoms with Crippen LogP contribution in [-0.4, -0.2) is 22.2 Å². The molecule has 5 nitrogen and oxygen atoms in total. The minimum atomic E-state index is -0.326. The van der Waals surface area contributed by atoms with E-state index in [9.17, 15) is 9.90 Å². The number of pyridine rings is 1. The van der Waals surface area contributed by atoms with Crippen molar-refractivity contribution in [1.29, 1.82) is 0 Å². The van der Waals surface area contributed by atoms with E-state index in [-0.39, 0.29) is 22.5 Å². The molecule has 0 aliphatic heterocycles. The number of benzene rings is 1. The third-order valence-corrected chi connectivity index (χ3v) is 4.04. The lowest BCUT2D eigenvalue weighted by atomic mass is 9.78. The number of hydrogen-bond acceptors (Lipinski definition) is 4. The Morgan fingerprint density at radius 2 is 1.65 bits per heavy atom. The van der Waals surface area contributed by atoms with Crippen molar-refractivity contribution in [2.24, 2.45) is 5.10 Å². The van der Waals surface area contributed by atoms with Crippen molar-refractivity contribution in [2.75, 3.05) is 0 Å². The molecule has 0 bridgehead atoms. The van der Waals surface area contributed by atoms with Crippen LogP contribution in [-0.2, 0) is 10.8 Å². The van der Waals surface area contributed by atoms with E-state index in [1.54, 1.807) is 24.4 Å². The lowest BCUT2D eigenvalue weighted by Crippen LogP contribution is -2.22. The Balaban J connectivity index is 2.36. The van der Waals surface area contributed by atoms with Gasteiger partial charge in [-0.1, -0.05) is 47.6 Å². The average Bonchev–Trinajstić information content (AvgIpc) is 2.53. The molecule has 0 aliphatic rings. The molecule has 26 heavy (non-hydrogen) atoms. The number of aromatic nitrogens is 1. The molecule has 138 valence electrons. The monoisotopic (exact) mass is 353 g/mol. The summed E-state index contributed by atoms with van der Waals surface area (Å²) in [5, 5.41) is 14.7. The molecule has 0 radical (unpaired) electrons. The van der Waals surface area contributed by atoms with E-state index in [2.05, 4.69) is 15.5 Å². The van der Waals surface area contributed by atoms with Gasteiger partial charge in [0.1, 0.15) is 5.75 Å². The standard InChI is InChI=1S/C21H27N3O2/c1-20(2,3)16-11-14(12-17(18(16)25)21(4,5)6)19(26)24-23-13-15-9-7-8-10-22-15/h7-13,25H,1-6H3,(H,24,26). The molecule has 2 rings (SSSR count). The van der Waals surface area contributed by atoms with E-state index in [4.69, 9.17) is 0 Å². The Hall–Kier alpha value is -2.69. The van der Waals surface area contributed by atoms with Crippen molar-refractivity contribution in [3.63, 3.8) is 0 Å². The fourth-order valence-electron chi connectivity index (χ4n) is 2.58. The number of nitrogens with zero attached hydrogens (tertiary/aromatic N) is 2. The molecule has 1 aromatic heterocycles. The average molecular weight is 353 g/mol. The van der Waals surface area contributed by atoms with Gasteiger partial charge in [-0.05, 0) is 35.1 Å². The summed E-state index contributed by atoms with van der Waals surface area (Å²) in [6.07, 6.45) is 3.15. The van der Waals surface area contributed by atoms with Gasteiger partial charge in [-0.2, -0.15) is 5.10 Å². The Bertz CT molecular complexity index is 778. The number of amides is 1. The highest BCUT2D eigenvalue weighted by Crippen LogP contribution is 2.39. The molecule has 2 aromatic rings. The maximum atomic E-state index is 12.6. The van der Waals surface area contributed by atoms with Crippen molar-refractivity contribution < 1.29 is 9.90 Å². The number of hydrogen-bond donors (Lipinski definition) is 2. The third kappa shape index (κ3) is 4.69. The smallest absolute Gasteiger partial charge is 0.271 e. The summed E-state index contributed by atoms with van der Waals surface area (Å²) in [6.45, 7) is 12.1. The normalized spacial score (nSPS) is 12.4. The lowest BCUT2D eigenvalue weighted by Gasteiger charge is -2.28. The number of carbonyl (C=O) groups excluding carboxylic acids is 1. The van der Waals surface area contributed by atoms with Gasteiger partial charge < -0.3 is 5.11 Å². The quantitative estimate of drug-likeness (QED) is 0.643. The van der Waals surface area contributed by atoms with E-state index >= 15 is 0 Å². The van der Waals surface area contributed by atoms with Crippen LogP contribution in [0.5, 0.6) is 5.75 Å². The van der Waals surface area contributed by atoms with E-state index in [0.29, 0.717) is 11.3 Å². The molecule has 0 saturated heterocycles. The van der Waals surface area contributed by atoms with Crippen molar-refractivity contribution in [3.05, 3.63) is 58.9 Å². The predicted octanol–water partition coefficient (Wildman–Crippen LogP) is 4.15. The van der Waals surface area contributed by atoms with Crippen LogP contribution in [0.4, 0.5) is 0 Å². The summed E-state index contributed by atoms with van der Waals surface area (Å²) in [4.78, 5) is 16.7. The van der Waals surface area contributed by atoms with Crippen molar-refractivity contribution >= 4 is 12.1 Å². The molecule has 0 fully saturated rings. The number of rotatable bonds is 3. The molecule has 0 aliphatic carbocycles. The maximum Gasteiger partial charge on any atom is 0.271 e. The highest BCUT2D eigenvalue weighted by atomic mass is 16.3. The number of aromatic hydroxyl groups is 1. The number of hydrazone groups is 1. The number of phenols is 1. The van der Waals surface area contributed by atoms with Gasteiger partial charge in [-0.15, -0.1) is 0 Å². The van der Waals surface area contributed by atoms with Gasteiger partial charge in [-0.25, -0.2) is 5.43 Å². The zero-order chi connectivity index (χ0) is 19.5. The summed E-state index contributed by atoms with van der Waals surface area (Å²) in [7, 11) is 0. The van der Waals surface area contributed by atoms with Gasteiger partial charge in [0.25, 0.3) is 5.91 Å². The molecule has 0 spiro atoms. The van der Waals surface area contributed by atoms with Gasteiger partial charge in [-0.3, -0.25) is 9.78 Å². The summed E-state index contributed by atoms with van der Waals surface area (Å²) in [6, 6.07) is 8.92. The first-order valence-corrected chi connectivity index (χ1v) is 8.62. The van der Waals surface area contributed by atoms with Gasteiger partial charge in [0.05, 0.1) is 11.9 Å². The first-order valence-electron chi connectivity index (χ1n) is 8.62. The fourth-order valence-corrected chi connectivity index (χ4v) is 2.58. The molecule has 1 heterocycles.